The Kier molecular flexibility index (Phi) is 4.66. The standard InChI is InChI=1S/C18H15FN2O2S/c1-12-5-7-15(8-6-12)20-11-21-17(22)16(24-18(21)23)10-13-3-2-4-14(19)9-13/h2-10,20H,11H2,1H3. The molecule has 2 aromatic carbocycles. The maximum Gasteiger partial charge on any atom is 0.295 e. The molecule has 3 rings (SSSR count). The van der Waals surface area contributed by atoms with E-state index in [9.17, 15) is 14.0 Å². The monoisotopic (exact) mass is 342 g/mol. The van der Waals surface area contributed by atoms with Crippen LogP contribution in [0.1, 0.15) is 11.1 Å². The number of thioether (sulfide) groups is 1. The van der Waals surface area contributed by atoms with Gasteiger partial charge in [0.15, 0.2) is 0 Å². The summed E-state index contributed by atoms with van der Waals surface area (Å²) in [6, 6.07) is 13.5. The third kappa shape index (κ3) is 3.65. The normalized spacial score (nSPS) is 16.1. The number of benzene rings is 2. The lowest BCUT2D eigenvalue weighted by Gasteiger charge is -2.14. The lowest BCUT2D eigenvalue weighted by Crippen LogP contribution is -2.33. The van der Waals surface area contributed by atoms with Crippen molar-refractivity contribution in [3.63, 3.8) is 0 Å². The Labute approximate surface area is 143 Å². The van der Waals surface area contributed by atoms with Gasteiger partial charge in [0, 0.05) is 5.69 Å². The molecule has 0 radical (unpaired) electrons. The molecule has 1 heterocycles. The van der Waals surface area contributed by atoms with Crippen molar-refractivity contribution in [1.29, 1.82) is 0 Å². The first-order chi connectivity index (χ1) is 11.5. The second-order valence-electron chi connectivity index (χ2n) is 5.37. The molecular weight excluding hydrogens is 327 g/mol. The minimum atomic E-state index is -0.385. The molecule has 0 aromatic heterocycles. The lowest BCUT2D eigenvalue weighted by molar-refractivity contribution is -0.122. The molecule has 1 N–H and O–H groups in total. The Balaban J connectivity index is 1.71. The van der Waals surface area contributed by atoms with Crippen molar-refractivity contribution in [3.8, 4) is 0 Å². The Bertz CT molecular complexity index is 818. The van der Waals surface area contributed by atoms with Crippen molar-refractivity contribution in [2.24, 2.45) is 0 Å². The molecule has 2 amide bonds. The van der Waals surface area contributed by atoms with Gasteiger partial charge in [-0.2, -0.15) is 0 Å². The number of rotatable bonds is 4. The van der Waals surface area contributed by atoms with Gasteiger partial charge in [-0.25, -0.2) is 4.39 Å². The minimum absolute atomic E-state index is 0.0915. The maximum atomic E-state index is 13.2. The Morgan fingerprint density at radius 1 is 1.17 bits per heavy atom. The van der Waals surface area contributed by atoms with E-state index in [4.69, 9.17) is 0 Å². The average Bonchev–Trinajstić information content (AvgIpc) is 2.81. The lowest BCUT2D eigenvalue weighted by atomic mass is 10.2. The van der Waals surface area contributed by atoms with Crippen molar-refractivity contribution in [1.82, 2.24) is 4.90 Å². The third-order valence-corrected chi connectivity index (χ3v) is 4.42. The first-order valence-electron chi connectivity index (χ1n) is 7.34. The first-order valence-corrected chi connectivity index (χ1v) is 8.16. The number of halogens is 1. The predicted molar refractivity (Wildman–Crippen MR) is 93.9 cm³/mol. The van der Waals surface area contributed by atoms with Gasteiger partial charge in [0.1, 0.15) is 5.82 Å². The van der Waals surface area contributed by atoms with E-state index in [-0.39, 0.29) is 28.5 Å². The smallest absolute Gasteiger partial charge is 0.295 e. The third-order valence-electron chi connectivity index (χ3n) is 3.51. The fourth-order valence-electron chi connectivity index (χ4n) is 2.23. The van der Waals surface area contributed by atoms with Gasteiger partial charge < -0.3 is 5.32 Å². The van der Waals surface area contributed by atoms with Crippen LogP contribution in [0.5, 0.6) is 0 Å². The van der Waals surface area contributed by atoms with Crippen LogP contribution in [-0.2, 0) is 4.79 Å². The average molecular weight is 342 g/mol. The molecule has 1 fully saturated rings. The van der Waals surface area contributed by atoms with Crippen molar-refractivity contribution in [3.05, 3.63) is 70.4 Å². The van der Waals surface area contributed by atoms with Crippen molar-refractivity contribution in [2.75, 3.05) is 12.0 Å². The summed E-state index contributed by atoms with van der Waals surface area (Å²) in [5, 5.41) is 2.71. The molecule has 2 aromatic rings. The molecule has 24 heavy (non-hydrogen) atoms. The van der Waals surface area contributed by atoms with E-state index < -0.39 is 0 Å². The van der Waals surface area contributed by atoms with Gasteiger partial charge in [-0.15, -0.1) is 0 Å². The van der Waals surface area contributed by atoms with E-state index in [0.29, 0.717) is 5.56 Å². The van der Waals surface area contributed by atoms with E-state index in [1.54, 1.807) is 12.1 Å². The van der Waals surface area contributed by atoms with Gasteiger partial charge in [-0.3, -0.25) is 14.5 Å². The van der Waals surface area contributed by atoms with Crippen LogP contribution in [0.3, 0.4) is 0 Å². The van der Waals surface area contributed by atoms with Crippen molar-refractivity contribution >= 4 is 34.7 Å². The molecule has 0 spiro atoms. The van der Waals surface area contributed by atoms with E-state index in [1.807, 2.05) is 31.2 Å². The van der Waals surface area contributed by atoms with Gasteiger partial charge in [0.2, 0.25) is 0 Å². The Morgan fingerprint density at radius 2 is 1.92 bits per heavy atom. The van der Waals surface area contributed by atoms with Crippen LogP contribution in [0.2, 0.25) is 0 Å². The zero-order valence-corrected chi connectivity index (χ0v) is 13.8. The van der Waals surface area contributed by atoms with E-state index in [0.717, 1.165) is 27.9 Å². The summed E-state index contributed by atoms with van der Waals surface area (Å²) in [6.07, 6.45) is 1.53. The van der Waals surface area contributed by atoms with E-state index in [2.05, 4.69) is 5.32 Å². The highest BCUT2D eigenvalue weighted by Crippen LogP contribution is 2.32. The summed E-state index contributed by atoms with van der Waals surface area (Å²) in [7, 11) is 0. The van der Waals surface area contributed by atoms with Crippen LogP contribution in [0.4, 0.5) is 14.9 Å². The highest BCUT2D eigenvalue weighted by molar-refractivity contribution is 8.18. The van der Waals surface area contributed by atoms with E-state index >= 15 is 0 Å². The second-order valence-corrected chi connectivity index (χ2v) is 6.36. The van der Waals surface area contributed by atoms with E-state index in [1.165, 1.54) is 18.2 Å². The van der Waals surface area contributed by atoms with Crippen LogP contribution >= 0.6 is 11.8 Å². The fourth-order valence-corrected chi connectivity index (χ4v) is 3.06. The van der Waals surface area contributed by atoms with Gasteiger partial charge in [0.05, 0.1) is 11.6 Å². The Morgan fingerprint density at radius 3 is 2.62 bits per heavy atom. The van der Waals surface area contributed by atoms with Crippen LogP contribution in [0.15, 0.2) is 53.4 Å². The molecule has 0 atom stereocenters. The molecule has 0 bridgehead atoms. The largest absolute Gasteiger partial charge is 0.367 e. The molecule has 122 valence electrons. The number of anilines is 1. The number of imide groups is 1. The molecular formula is C18H15FN2O2S. The number of carbonyl (C=O) groups is 2. The summed E-state index contributed by atoms with van der Waals surface area (Å²) in [5.41, 5.74) is 2.51. The van der Waals surface area contributed by atoms with Crippen molar-refractivity contribution < 1.29 is 14.0 Å². The predicted octanol–water partition coefficient (Wildman–Crippen LogP) is 4.24. The van der Waals surface area contributed by atoms with Gasteiger partial charge >= 0.3 is 0 Å². The van der Waals surface area contributed by atoms with Crippen LogP contribution in [0.25, 0.3) is 6.08 Å². The summed E-state index contributed by atoms with van der Waals surface area (Å²) in [5.74, 6) is -0.766. The number of aryl methyl sites for hydroxylation is 1. The van der Waals surface area contributed by atoms with Crippen LogP contribution in [0, 0.1) is 12.7 Å². The van der Waals surface area contributed by atoms with Crippen LogP contribution in [-0.4, -0.2) is 22.7 Å². The number of hydrogen-bond donors (Lipinski definition) is 1. The topological polar surface area (TPSA) is 49.4 Å². The molecule has 0 saturated carbocycles. The quantitative estimate of drug-likeness (QED) is 0.845. The highest BCUT2D eigenvalue weighted by atomic mass is 32.2. The molecule has 0 unspecified atom stereocenters. The van der Waals surface area contributed by atoms with Crippen LogP contribution < -0.4 is 5.32 Å². The highest BCUT2D eigenvalue weighted by Gasteiger charge is 2.34. The van der Waals surface area contributed by atoms with Gasteiger partial charge in [0.25, 0.3) is 11.1 Å². The number of nitrogens with zero attached hydrogens (tertiary/aromatic N) is 1. The summed E-state index contributed by atoms with van der Waals surface area (Å²) >= 11 is 0.856. The summed E-state index contributed by atoms with van der Waals surface area (Å²) in [6.45, 7) is 2.08. The first kappa shape index (κ1) is 16.3. The molecule has 1 saturated heterocycles. The molecule has 6 heteroatoms. The SMILES string of the molecule is Cc1ccc(NCN2C(=O)SC(=Cc3cccc(F)c3)C2=O)cc1. The zero-order valence-electron chi connectivity index (χ0n) is 13.0. The number of carbonyl (C=O) groups excluding carboxylic acids is 2. The summed E-state index contributed by atoms with van der Waals surface area (Å²) < 4.78 is 13.2. The second kappa shape index (κ2) is 6.88. The van der Waals surface area contributed by atoms with Gasteiger partial charge in [-0.05, 0) is 54.6 Å². The minimum Gasteiger partial charge on any atom is -0.367 e. The zero-order chi connectivity index (χ0) is 17.1. The fraction of sp³-hybridized carbons (Fsp3) is 0.111. The maximum absolute atomic E-state index is 13.2. The molecule has 1 aliphatic rings. The van der Waals surface area contributed by atoms with Gasteiger partial charge in [-0.1, -0.05) is 29.8 Å². The molecule has 1 aliphatic heterocycles. The Hall–Kier alpha value is -2.60. The molecule has 0 aliphatic carbocycles. The molecule has 4 nitrogen and oxygen atoms in total. The number of nitrogens with one attached hydrogen (secondary N) is 1. The number of amides is 2. The summed E-state index contributed by atoms with van der Waals surface area (Å²) in [4.78, 5) is 25.8. The number of hydrogen-bond acceptors (Lipinski definition) is 4. The van der Waals surface area contributed by atoms with Crippen molar-refractivity contribution in [2.45, 2.75) is 6.92 Å².